The number of aryl methyl sites for hydroxylation is 1. The molecule has 0 radical (unpaired) electrons. The van der Waals surface area contributed by atoms with E-state index in [0.717, 1.165) is 10.9 Å². The first-order chi connectivity index (χ1) is 8.79. The van der Waals surface area contributed by atoms with Crippen molar-refractivity contribution < 1.29 is 23.1 Å². The van der Waals surface area contributed by atoms with E-state index in [1.165, 1.54) is 10.8 Å². The van der Waals surface area contributed by atoms with E-state index in [1.807, 2.05) is 13.0 Å². The Morgan fingerprint density at radius 1 is 1.37 bits per heavy atom. The summed E-state index contributed by atoms with van der Waals surface area (Å²) in [6.07, 6.45) is -3.28. The van der Waals surface area contributed by atoms with Crippen LogP contribution in [0.3, 0.4) is 0 Å². The molecule has 3 nitrogen and oxygen atoms in total. The fraction of sp³-hybridized carbons (Fsp3) is 0.308. The van der Waals surface area contributed by atoms with Crippen molar-refractivity contribution in [3.05, 3.63) is 36.0 Å². The topological polar surface area (TPSA) is 42.2 Å². The minimum absolute atomic E-state index is 0.598. The highest BCUT2D eigenvalue weighted by atomic mass is 19.4. The van der Waals surface area contributed by atoms with Crippen molar-refractivity contribution in [3.8, 4) is 0 Å². The number of rotatable bonds is 3. The summed E-state index contributed by atoms with van der Waals surface area (Å²) < 4.78 is 39.2. The van der Waals surface area contributed by atoms with Gasteiger partial charge in [-0.05, 0) is 30.5 Å². The number of aromatic nitrogens is 1. The summed E-state index contributed by atoms with van der Waals surface area (Å²) in [5.41, 5.74) is 1.59. The number of halogens is 3. The molecule has 1 aromatic carbocycles. The molecule has 0 saturated carbocycles. The van der Waals surface area contributed by atoms with Crippen LogP contribution in [-0.4, -0.2) is 21.8 Å². The minimum atomic E-state index is -4.76. The third-order valence-corrected chi connectivity index (χ3v) is 3.00. The van der Waals surface area contributed by atoms with E-state index in [4.69, 9.17) is 5.11 Å². The molecule has 0 fully saturated rings. The van der Waals surface area contributed by atoms with E-state index in [-0.39, 0.29) is 0 Å². The molecule has 1 unspecified atom stereocenters. The van der Waals surface area contributed by atoms with Crippen molar-refractivity contribution in [2.24, 2.45) is 5.92 Å². The Hall–Kier alpha value is -1.98. The van der Waals surface area contributed by atoms with Gasteiger partial charge in [-0.3, -0.25) is 4.79 Å². The average molecular weight is 271 g/mol. The summed E-state index contributed by atoms with van der Waals surface area (Å²) in [5.74, 6) is -4.26. The predicted octanol–water partition coefficient (Wildman–Crippen LogP) is 3.21. The van der Waals surface area contributed by atoms with Gasteiger partial charge >= 0.3 is 12.1 Å². The fourth-order valence-corrected chi connectivity index (χ4v) is 2.00. The molecule has 6 heteroatoms. The van der Waals surface area contributed by atoms with Crippen molar-refractivity contribution in [1.29, 1.82) is 0 Å². The standard InChI is InChI=1S/C13H12F3NO2/c1-8-2-3-11-9(6-8)4-5-17(11)7-10(12(18)19)13(14,15)16/h2-6,10H,7H2,1H3,(H,18,19). The molecule has 1 aromatic heterocycles. The summed E-state index contributed by atoms with van der Waals surface area (Å²) in [5, 5.41) is 9.49. The van der Waals surface area contributed by atoms with Crippen LogP contribution in [0.2, 0.25) is 0 Å². The number of carboxylic acid groups (broad SMARTS) is 1. The van der Waals surface area contributed by atoms with E-state index in [1.54, 1.807) is 18.2 Å². The monoisotopic (exact) mass is 271 g/mol. The molecule has 1 atom stereocenters. The lowest BCUT2D eigenvalue weighted by Crippen LogP contribution is -2.34. The Bertz CT molecular complexity index is 616. The first-order valence-corrected chi connectivity index (χ1v) is 5.64. The van der Waals surface area contributed by atoms with Gasteiger partial charge in [-0.1, -0.05) is 11.6 Å². The van der Waals surface area contributed by atoms with Crippen LogP contribution in [0.1, 0.15) is 5.56 Å². The van der Waals surface area contributed by atoms with E-state index in [9.17, 15) is 18.0 Å². The van der Waals surface area contributed by atoms with E-state index >= 15 is 0 Å². The highest BCUT2D eigenvalue weighted by Crippen LogP contribution is 2.29. The van der Waals surface area contributed by atoms with Crippen molar-refractivity contribution in [2.75, 3.05) is 0 Å². The Labute approximate surface area is 107 Å². The normalized spacial score (nSPS) is 13.7. The van der Waals surface area contributed by atoms with Crippen LogP contribution in [0.4, 0.5) is 13.2 Å². The third-order valence-electron chi connectivity index (χ3n) is 3.00. The van der Waals surface area contributed by atoms with Crippen LogP contribution in [-0.2, 0) is 11.3 Å². The molecule has 1 heterocycles. The van der Waals surface area contributed by atoms with Crippen molar-refractivity contribution in [1.82, 2.24) is 4.57 Å². The summed E-state index contributed by atoms with van der Waals surface area (Å²) in [6, 6.07) is 7.00. The number of carbonyl (C=O) groups is 1. The summed E-state index contributed by atoms with van der Waals surface area (Å²) in [7, 11) is 0. The van der Waals surface area contributed by atoms with Crippen LogP contribution in [0, 0.1) is 12.8 Å². The molecule has 19 heavy (non-hydrogen) atoms. The number of carboxylic acids is 1. The van der Waals surface area contributed by atoms with Gasteiger partial charge in [0, 0.05) is 18.3 Å². The quantitative estimate of drug-likeness (QED) is 0.931. The molecule has 102 valence electrons. The van der Waals surface area contributed by atoms with Gasteiger partial charge in [-0.2, -0.15) is 13.2 Å². The van der Waals surface area contributed by atoms with Gasteiger partial charge in [0.05, 0.1) is 0 Å². The fourth-order valence-electron chi connectivity index (χ4n) is 2.00. The average Bonchev–Trinajstić information content (AvgIpc) is 2.66. The molecule has 1 N–H and O–H groups in total. The highest BCUT2D eigenvalue weighted by Gasteiger charge is 2.45. The second kappa shape index (κ2) is 4.60. The molecular weight excluding hydrogens is 259 g/mol. The van der Waals surface area contributed by atoms with Gasteiger partial charge < -0.3 is 9.67 Å². The molecule has 0 saturated heterocycles. The minimum Gasteiger partial charge on any atom is -0.481 e. The predicted molar refractivity (Wildman–Crippen MR) is 63.9 cm³/mol. The van der Waals surface area contributed by atoms with E-state index < -0.39 is 24.6 Å². The maximum Gasteiger partial charge on any atom is 0.403 e. The van der Waals surface area contributed by atoms with Crippen molar-refractivity contribution in [3.63, 3.8) is 0 Å². The van der Waals surface area contributed by atoms with Crippen LogP contribution >= 0.6 is 0 Å². The number of alkyl halides is 3. The van der Waals surface area contributed by atoms with Gasteiger partial charge in [-0.15, -0.1) is 0 Å². The van der Waals surface area contributed by atoms with Crippen molar-refractivity contribution >= 4 is 16.9 Å². The van der Waals surface area contributed by atoms with Gasteiger partial charge in [0.1, 0.15) is 0 Å². The summed E-state index contributed by atoms with van der Waals surface area (Å²) in [4.78, 5) is 10.7. The first kappa shape index (κ1) is 13.5. The van der Waals surface area contributed by atoms with Crippen LogP contribution in [0.25, 0.3) is 10.9 Å². The number of benzene rings is 1. The number of aliphatic carboxylic acids is 1. The number of fused-ring (bicyclic) bond motifs is 1. The Balaban J connectivity index is 2.37. The first-order valence-electron chi connectivity index (χ1n) is 5.64. The zero-order valence-corrected chi connectivity index (χ0v) is 10.1. The molecule has 2 aromatic rings. The Kier molecular flexibility index (Phi) is 3.26. The molecular formula is C13H12F3NO2. The van der Waals surface area contributed by atoms with E-state index in [2.05, 4.69) is 0 Å². The van der Waals surface area contributed by atoms with Crippen LogP contribution in [0.15, 0.2) is 30.5 Å². The number of nitrogens with zero attached hydrogens (tertiary/aromatic N) is 1. The Morgan fingerprint density at radius 3 is 2.63 bits per heavy atom. The van der Waals surface area contributed by atoms with Gasteiger partial charge in [0.15, 0.2) is 5.92 Å². The second-order valence-electron chi connectivity index (χ2n) is 4.46. The number of hydrogen-bond acceptors (Lipinski definition) is 1. The summed E-state index contributed by atoms with van der Waals surface area (Å²) in [6.45, 7) is 1.26. The maximum absolute atomic E-state index is 12.6. The molecule has 2 rings (SSSR count). The van der Waals surface area contributed by atoms with Crippen LogP contribution in [0.5, 0.6) is 0 Å². The Morgan fingerprint density at radius 2 is 2.05 bits per heavy atom. The molecule has 0 aliphatic carbocycles. The molecule has 0 bridgehead atoms. The van der Waals surface area contributed by atoms with Crippen molar-refractivity contribution in [2.45, 2.75) is 19.6 Å². The number of hydrogen-bond donors (Lipinski definition) is 1. The third kappa shape index (κ3) is 2.72. The smallest absolute Gasteiger partial charge is 0.403 e. The van der Waals surface area contributed by atoms with Gasteiger partial charge in [0.25, 0.3) is 0 Å². The second-order valence-corrected chi connectivity index (χ2v) is 4.46. The zero-order valence-electron chi connectivity index (χ0n) is 10.1. The highest BCUT2D eigenvalue weighted by molar-refractivity contribution is 5.81. The van der Waals surface area contributed by atoms with Gasteiger partial charge in [-0.25, -0.2) is 0 Å². The lowest BCUT2D eigenvalue weighted by molar-refractivity contribution is -0.195. The maximum atomic E-state index is 12.6. The van der Waals surface area contributed by atoms with E-state index in [0.29, 0.717) is 5.52 Å². The molecule has 0 aliphatic rings. The SMILES string of the molecule is Cc1ccc2c(ccn2CC(C(=O)O)C(F)(F)F)c1. The summed E-state index contributed by atoms with van der Waals surface area (Å²) >= 11 is 0. The zero-order chi connectivity index (χ0) is 14.2. The molecule has 0 spiro atoms. The molecule has 0 aliphatic heterocycles. The van der Waals surface area contributed by atoms with Gasteiger partial charge in [0.2, 0.25) is 0 Å². The lowest BCUT2D eigenvalue weighted by Gasteiger charge is -2.17. The molecule has 0 amide bonds. The lowest BCUT2D eigenvalue weighted by atomic mass is 10.1. The largest absolute Gasteiger partial charge is 0.481 e. The van der Waals surface area contributed by atoms with Crippen LogP contribution < -0.4 is 0 Å².